The standard InChI is InChI=1S/C9H19NO2S/c1-8(2)7-12-9-3-5-13(10,11)6-4-9/h8-10H,3-7H2,1-2H3. The molecule has 0 aromatic heterocycles. The molecule has 0 amide bonds. The number of nitrogens with one attached hydrogen (secondary N) is 1. The van der Waals surface area contributed by atoms with Gasteiger partial charge in [-0.3, -0.25) is 4.78 Å². The van der Waals surface area contributed by atoms with Gasteiger partial charge in [-0.15, -0.1) is 0 Å². The van der Waals surface area contributed by atoms with Gasteiger partial charge in [0.25, 0.3) is 0 Å². The zero-order valence-corrected chi connectivity index (χ0v) is 9.23. The van der Waals surface area contributed by atoms with Gasteiger partial charge in [0.1, 0.15) is 0 Å². The first-order valence-corrected chi connectivity index (χ1v) is 6.75. The van der Waals surface area contributed by atoms with Crippen LogP contribution in [0.25, 0.3) is 0 Å². The molecule has 1 N–H and O–H groups in total. The first kappa shape index (κ1) is 11.0. The SMILES string of the molecule is CC(C)COC1CCS(=N)(=O)CC1. The normalized spacial score (nSPS) is 35.2. The van der Waals surface area contributed by atoms with Crippen LogP contribution in [0.2, 0.25) is 0 Å². The molecular weight excluding hydrogens is 186 g/mol. The monoisotopic (exact) mass is 205 g/mol. The number of rotatable bonds is 3. The fraction of sp³-hybridized carbons (Fsp3) is 1.00. The van der Waals surface area contributed by atoms with E-state index < -0.39 is 9.73 Å². The van der Waals surface area contributed by atoms with Crippen LogP contribution in [0, 0.1) is 10.7 Å². The van der Waals surface area contributed by atoms with Crippen LogP contribution in [0.3, 0.4) is 0 Å². The molecule has 1 aliphatic heterocycles. The van der Waals surface area contributed by atoms with Crippen LogP contribution in [-0.2, 0) is 14.5 Å². The molecule has 78 valence electrons. The Balaban J connectivity index is 2.26. The second kappa shape index (κ2) is 4.42. The molecule has 0 spiro atoms. The molecule has 1 saturated heterocycles. The third-order valence-corrected chi connectivity index (χ3v) is 3.99. The quantitative estimate of drug-likeness (QED) is 0.764. The molecule has 4 heteroatoms. The second-order valence-electron chi connectivity index (χ2n) is 4.15. The third kappa shape index (κ3) is 4.09. The highest BCUT2D eigenvalue weighted by Gasteiger charge is 2.21. The summed E-state index contributed by atoms with van der Waals surface area (Å²) in [5.74, 6) is 1.60. The zero-order valence-electron chi connectivity index (χ0n) is 8.41. The number of hydrogen-bond acceptors (Lipinski definition) is 3. The predicted octanol–water partition coefficient (Wildman–Crippen LogP) is 1.87. The van der Waals surface area contributed by atoms with E-state index in [0.29, 0.717) is 17.4 Å². The summed E-state index contributed by atoms with van der Waals surface area (Å²) >= 11 is 0. The van der Waals surface area contributed by atoms with Gasteiger partial charge in [-0.25, -0.2) is 4.21 Å². The van der Waals surface area contributed by atoms with Crippen molar-refractivity contribution in [1.82, 2.24) is 0 Å². The van der Waals surface area contributed by atoms with E-state index in [4.69, 9.17) is 9.52 Å². The van der Waals surface area contributed by atoms with Crippen molar-refractivity contribution in [3.63, 3.8) is 0 Å². The molecule has 0 aromatic carbocycles. The Labute approximate surface area is 80.8 Å². The van der Waals surface area contributed by atoms with Crippen LogP contribution in [0.1, 0.15) is 26.7 Å². The van der Waals surface area contributed by atoms with Crippen molar-refractivity contribution >= 4 is 9.73 Å². The van der Waals surface area contributed by atoms with Gasteiger partial charge in [-0.2, -0.15) is 0 Å². The van der Waals surface area contributed by atoms with E-state index in [1.807, 2.05) is 0 Å². The van der Waals surface area contributed by atoms with E-state index >= 15 is 0 Å². The van der Waals surface area contributed by atoms with E-state index in [2.05, 4.69) is 13.8 Å². The maximum Gasteiger partial charge on any atom is 0.0593 e. The number of hydrogen-bond donors (Lipinski definition) is 1. The molecule has 0 aromatic rings. The minimum absolute atomic E-state index is 0.252. The topological polar surface area (TPSA) is 50.1 Å². The lowest BCUT2D eigenvalue weighted by Crippen LogP contribution is -2.29. The smallest absolute Gasteiger partial charge is 0.0593 e. The Kier molecular flexibility index (Phi) is 3.74. The van der Waals surface area contributed by atoms with Crippen molar-refractivity contribution in [1.29, 1.82) is 4.78 Å². The van der Waals surface area contributed by atoms with Gasteiger partial charge in [-0.05, 0) is 18.8 Å². The lowest BCUT2D eigenvalue weighted by molar-refractivity contribution is 0.0306. The molecular formula is C9H19NO2S. The van der Waals surface area contributed by atoms with E-state index in [1.54, 1.807) is 0 Å². The molecule has 1 heterocycles. The van der Waals surface area contributed by atoms with Crippen molar-refractivity contribution < 1.29 is 8.95 Å². The first-order valence-electron chi connectivity index (χ1n) is 4.85. The molecule has 13 heavy (non-hydrogen) atoms. The molecule has 1 fully saturated rings. The van der Waals surface area contributed by atoms with Gasteiger partial charge in [0, 0.05) is 27.8 Å². The molecule has 0 aliphatic carbocycles. The van der Waals surface area contributed by atoms with E-state index in [0.717, 1.165) is 19.4 Å². The minimum Gasteiger partial charge on any atom is -0.378 e. The lowest BCUT2D eigenvalue weighted by Gasteiger charge is -2.24. The summed E-state index contributed by atoms with van der Waals surface area (Å²) in [6, 6.07) is 0. The van der Waals surface area contributed by atoms with Crippen LogP contribution in [0.5, 0.6) is 0 Å². The predicted molar refractivity (Wildman–Crippen MR) is 54.4 cm³/mol. The highest BCUT2D eigenvalue weighted by molar-refractivity contribution is 7.92. The molecule has 0 bridgehead atoms. The van der Waals surface area contributed by atoms with Crippen LogP contribution in [-0.4, -0.2) is 28.4 Å². The van der Waals surface area contributed by atoms with Crippen molar-refractivity contribution in [2.45, 2.75) is 32.8 Å². The van der Waals surface area contributed by atoms with Crippen LogP contribution in [0.4, 0.5) is 0 Å². The average molecular weight is 205 g/mol. The van der Waals surface area contributed by atoms with E-state index in [9.17, 15) is 4.21 Å². The summed E-state index contributed by atoms with van der Waals surface area (Å²) < 4.78 is 24.3. The maximum absolute atomic E-state index is 11.3. The van der Waals surface area contributed by atoms with Gasteiger partial charge in [-0.1, -0.05) is 13.8 Å². The highest BCUT2D eigenvalue weighted by Crippen LogP contribution is 2.16. The molecule has 0 saturated carbocycles. The van der Waals surface area contributed by atoms with Crippen LogP contribution >= 0.6 is 0 Å². The third-order valence-electron chi connectivity index (χ3n) is 2.20. The van der Waals surface area contributed by atoms with Gasteiger partial charge < -0.3 is 4.74 Å². The molecule has 1 rings (SSSR count). The summed E-state index contributed by atoms with van der Waals surface area (Å²) in [5, 5.41) is 0. The molecule has 0 unspecified atom stereocenters. The fourth-order valence-electron chi connectivity index (χ4n) is 1.39. The van der Waals surface area contributed by atoms with Gasteiger partial charge in [0.05, 0.1) is 6.10 Å². The molecule has 0 radical (unpaired) electrons. The lowest BCUT2D eigenvalue weighted by atomic mass is 10.2. The van der Waals surface area contributed by atoms with E-state index in [1.165, 1.54) is 0 Å². The largest absolute Gasteiger partial charge is 0.378 e. The second-order valence-corrected chi connectivity index (χ2v) is 6.59. The summed E-state index contributed by atoms with van der Waals surface area (Å²) in [5.41, 5.74) is 0. The molecule has 3 nitrogen and oxygen atoms in total. The Morgan fingerprint density at radius 1 is 1.46 bits per heavy atom. The van der Waals surface area contributed by atoms with Crippen molar-refractivity contribution in [2.75, 3.05) is 18.1 Å². The first-order chi connectivity index (χ1) is 5.99. The molecule has 1 aliphatic rings. The Morgan fingerprint density at radius 3 is 2.46 bits per heavy atom. The highest BCUT2D eigenvalue weighted by atomic mass is 32.2. The summed E-state index contributed by atoms with van der Waals surface area (Å²) in [6.07, 6.45) is 1.85. The van der Waals surface area contributed by atoms with Gasteiger partial charge >= 0.3 is 0 Å². The fourth-order valence-corrected chi connectivity index (χ4v) is 2.88. The van der Waals surface area contributed by atoms with Crippen molar-refractivity contribution in [3.8, 4) is 0 Å². The average Bonchev–Trinajstić information content (AvgIpc) is 2.02. The zero-order chi connectivity index (χ0) is 9.90. The van der Waals surface area contributed by atoms with E-state index in [-0.39, 0.29) is 6.10 Å². The summed E-state index contributed by atoms with van der Waals surface area (Å²) in [4.78, 5) is 0. The number of ether oxygens (including phenoxy) is 1. The van der Waals surface area contributed by atoms with Crippen LogP contribution in [0.15, 0.2) is 0 Å². The minimum atomic E-state index is -2.23. The summed E-state index contributed by atoms with van der Waals surface area (Å²) in [6.45, 7) is 5.02. The Morgan fingerprint density at radius 2 is 2.00 bits per heavy atom. The Hall–Kier alpha value is -0.0900. The van der Waals surface area contributed by atoms with Gasteiger partial charge in [0.2, 0.25) is 0 Å². The van der Waals surface area contributed by atoms with Crippen molar-refractivity contribution in [2.24, 2.45) is 5.92 Å². The van der Waals surface area contributed by atoms with Gasteiger partial charge in [0.15, 0.2) is 0 Å². The maximum atomic E-state index is 11.3. The molecule has 0 atom stereocenters. The Bertz CT molecular complexity index is 232. The van der Waals surface area contributed by atoms with Crippen molar-refractivity contribution in [3.05, 3.63) is 0 Å². The van der Waals surface area contributed by atoms with Crippen LogP contribution < -0.4 is 0 Å². The summed E-state index contributed by atoms with van der Waals surface area (Å²) in [7, 11) is -2.23.